The zero-order chi connectivity index (χ0) is 30.9. The van der Waals surface area contributed by atoms with Gasteiger partial charge in [0, 0.05) is 0 Å². The Balaban J connectivity index is 2.02. The Morgan fingerprint density at radius 3 is 1.83 bits per heavy atom. The van der Waals surface area contributed by atoms with E-state index in [-0.39, 0.29) is 5.75 Å². The summed E-state index contributed by atoms with van der Waals surface area (Å²) in [5, 5.41) is 4.06. The van der Waals surface area contributed by atoms with E-state index in [4.69, 9.17) is 9.29 Å². The van der Waals surface area contributed by atoms with Crippen molar-refractivity contribution in [3.05, 3.63) is 78.9 Å². The van der Waals surface area contributed by atoms with Crippen LogP contribution in [-0.4, -0.2) is 54.0 Å². The number of hydrogen-bond donors (Lipinski definition) is 2. The molecule has 3 aromatic rings. The van der Waals surface area contributed by atoms with Gasteiger partial charge in [-0.15, -0.1) is 0 Å². The maximum absolute atomic E-state index is 13.9. The number of para-hydroxylation sites is 1. The highest BCUT2D eigenvalue weighted by atomic mass is 32.2. The number of alkyl halides is 8. The van der Waals surface area contributed by atoms with E-state index in [1.165, 1.54) is 30.3 Å². The quantitative estimate of drug-likeness (QED) is 0.156. The summed E-state index contributed by atoms with van der Waals surface area (Å²) >= 11 is 0. The van der Waals surface area contributed by atoms with Crippen molar-refractivity contribution in [2.75, 3.05) is 6.61 Å². The number of halogens is 8. The zero-order valence-corrected chi connectivity index (χ0v) is 22.3. The molecule has 3 unspecified atom stereocenters. The van der Waals surface area contributed by atoms with Crippen LogP contribution in [0.5, 0.6) is 11.5 Å². The lowest BCUT2D eigenvalue weighted by atomic mass is 10.1. The molecule has 0 aromatic heterocycles. The monoisotopic (exact) mass is 633 g/mol. The molecule has 0 aliphatic rings. The van der Waals surface area contributed by atoms with Crippen LogP contribution in [0.4, 0.5) is 35.1 Å². The van der Waals surface area contributed by atoms with Crippen LogP contribution in [-0.2, 0) is 21.0 Å². The average Bonchev–Trinajstić information content (AvgIpc) is 2.86. The molecule has 0 amide bonds. The minimum absolute atomic E-state index is 0.0468. The number of hydrogen-bond acceptors (Lipinski definition) is 5. The largest absolute Gasteiger partial charge is 0.485 e. The van der Waals surface area contributed by atoms with Crippen LogP contribution in [0.15, 0.2) is 93.5 Å². The lowest BCUT2D eigenvalue weighted by Crippen LogP contribution is -2.53. The van der Waals surface area contributed by atoms with Crippen molar-refractivity contribution in [3.8, 4) is 11.5 Å². The molecule has 16 heteroatoms. The molecule has 41 heavy (non-hydrogen) atoms. The summed E-state index contributed by atoms with van der Waals surface area (Å²) in [7, 11) is -7.70. The summed E-state index contributed by atoms with van der Waals surface area (Å²) in [5.74, 6) is -0.865. The summed E-state index contributed by atoms with van der Waals surface area (Å²) in [6, 6.07) is 18.3. The summed E-state index contributed by atoms with van der Waals surface area (Å²) < 4.78 is 147. The smallest absolute Gasteiger partial charge is 0.432 e. The molecule has 0 aliphatic carbocycles. The highest BCUT2D eigenvalue weighted by Gasteiger charge is 2.65. The minimum atomic E-state index is -6.51. The molecule has 2 N–H and O–H groups in total. The summed E-state index contributed by atoms with van der Waals surface area (Å²) in [6.45, 7) is -0.627. The van der Waals surface area contributed by atoms with Crippen molar-refractivity contribution in [1.82, 2.24) is 0 Å². The molecule has 0 saturated heterocycles. The second kappa shape index (κ2) is 11.7. The standard InChI is InChI=1S/C25H20F8O6S2/c1-22(34,25(31,32)33)15-38-19-9-5-6-10-20(19)40(17-7-3-2-4-8-17)18-13-11-16(12-14-18)39-21(23(26,27)28)24(29,30)41(35,36)37/h2-14,21,34H,15H2,1H3/p+1. The van der Waals surface area contributed by atoms with E-state index in [2.05, 4.69) is 4.74 Å². The molecular formula is C25H21F8O6S2+. The molecule has 3 atom stereocenters. The van der Waals surface area contributed by atoms with E-state index in [1.807, 2.05) is 0 Å². The maximum atomic E-state index is 13.9. The van der Waals surface area contributed by atoms with Crippen LogP contribution in [0.1, 0.15) is 6.92 Å². The van der Waals surface area contributed by atoms with Gasteiger partial charge in [0.2, 0.25) is 4.90 Å². The first kappa shape index (κ1) is 32.4. The Hall–Kier alpha value is -3.08. The molecule has 0 radical (unpaired) electrons. The van der Waals surface area contributed by atoms with Crippen molar-refractivity contribution in [2.24, 2.45) is 0 Å². The Labute approximate surface area is 231 Å². The third-order valence-electron chi connectivity index (χ3n) is 5.43. The summed E-state index contributed by atoms with van der Waals surface area (Å²) in [6.07, 6.45) is -15.1. The predicted octanol–water partition coefficient (Wildman–Crippen LogP) is 6.26. The van der Waals surface area contributed by atoms with Crippen LogP contribution < -0.4 is 9.47 Å². The van der Waals surface area contributed by atoms with Gasteiger partial charge in [-0.3, -0.25) is 4.55 Å². The van der Waals surface area contributed by atoms with Gasteiger partial charge >= 0.3 is 27.7 Å². The van der Waals surface area contributed by atoms with E-state index < -0.39 is 62.7 Å². The molecule has 0 aliphatic heterocycles. The maximum Gasteiger partial charge on any atom is 0.432 e. The van der Waals surface area contributed by atoms with Crippen LogP contribution in [0.25, 0.3) is 0 Å². The van der Waals surface area contributed by atoms with Gasteiger partial charge in [-0.1, -0.05) is 30.3 Å². The third kappa shape index (κ3) is 7.42. The van der Waals surface area contributed by atoms with Crippen LogP contribution >= 0.6 is 0 Å². The predicted molar refractivity (Wildman–Crippen MR) is 131 cm³/mol. The average molecular weight is 634 g/mol. The van der Waals surface area contributed by atoms with Crippen LogP contribution in [0, 0.1) is 0 Å². The Bertz CT molecular complexity index is 1430. The van der Waals surface area contributed by atoms with Crippen LogP contribution in [0.3, 0.4) is 0 Å². The summed E-state index contributed by atoms with van der Waals surface area (Å²) in [4.78, 5) is 1.22. The molecule has 3 rings (SSSR count). The van der Waals surface area contributed by atoms with E-state index >= 15 is 0 Å². The van der Waals surface area contributed by atoms with Gasteiger partial charge in [-0.25, -0.2) is 0 Å². The Morgan fingerprint density at radius 2 is 1.32 bits per heavy atom. The lowest BCUT2D eigenvalue weighted by molar-refractivity contribution is -0.260. The number of benzene rings is 3. The highest BCUT2D eigenvalue weighted by Crippen LogP contribution is 2.41. The molecule has 0 saturated carbocycles. The van der Waals surface area contributed by atoms with Crippen molar-refractivity contribution < 1.29 is 62.7 Å². The fourth-order valence-corrected chi connectivity index (χ4v) is 5.85. The van der Waals surface area contributed by atoms with Crippen LogP contribution in [0.2, 0.25) is 0 Å². The van der Waals surface area contributed by atoms with Crippen molar-refractivity contribution in [2.45, 2.75) is 50.9 Å². The SMILES string of the molecule is CC(O)(COc1ccccc1[S+](c1ccccc1)c1ccc(OC(C(F)(F)F)C(F)(F)S(=O)(=O)O)cc1)C(F)(F)F. The van der Waals surface area contributed by atoms with E-state index in [0.717, 1.165) is 12.1 Å². The third-order valence-corrected chi connectivity index (χ3v) is 8.59. The van der Waals surface area contributed by atoms with Gasteiger partial charge in [0.15, 0.2) is 21.1 Å². The molecule has 0 fully saturated rings. The lowest BCUT2D eigenvalue weighted by Gasteiger charge is -2.27. The number of aliphatic hydroxyl groups is 1. The Kier molecular flexibility index (Phi) is 9.22. The fourth-order valence-electron chi connectivity index (χ4n) is 3.24. The summed E-state index contributed by atoms with van der Waals surface area (Å²) in [5.41, 5.74) is -3.19. The van der Waals surface area contributed by atoms with Crippen molar-refractivity contribution >= 4 is 21.0 Å². The van der Waals surface area contributed by atoms with E-state index in [0.29, 0.717) is 21.6 Å². The first-order valence-corrected chi connectivity index (χ1v) is 13.9. The van der Waals surface area contributed by atoms with Gasteiger partial charge in [0.05, 0.1) is 0 Å². The molecule has 0 bridgehead atoms. The fraction of sp³-hybridized carbons (Fsp3) is 0.280. The molecule has 0 heterocycles. The first-order chi connectivity index (χ1) is 18.8. The second-order valence-corrected chi connectivity index (χ2v) is 12.2. The van der Waals surface area contributed by atoms with Gasteiger partial charge in [0.1, 0.15) is 23.3 Å². The minimum Gasteiger partial charge on any atom is -0.485 e. The normalized spacial score (nSPS) is 16.0. The second-order valence-electron chi connectivity index (χ2n) is 8.67. The van der Waals surface area contributed by atoms with Crippen molar-refractivity contribution in [3.63, 3.8) is 0 Å². The number of ether oxygens (including phenoxy) is 2. The van der Waals surface area contributed by atoms with Gasteiger partial charge in [0.25, 0.3) is 6.10 Å². The number of rotatable bonds is 10. The first-order valence-electron chi connectivity index (χ1n) is 11.2. The van der Waals surface area contributed by atoms with E-state index in [1.54, 1.807) is 36.4 Å². The van der Waals surface area contributed by atoms with E-state index in [9.17, 15) is 48.6 Å². The van der Waals surface area contributed by atoms with Gasteiger partial charge in [-0.2, -0.15) is 43.5 Å². The van der Waals surface area contributed by atoms with Gasteiger partial charge < -0.3 is 14.6 Å². The molecule has 0 spiro atoms. The topological polar surface area (TPSA) is 93.1 Å². The zero-order valence-electron chi connectivity index (χ0n) is 20.7. The van der Waals surface area contributed by atoms with Crippen molar-refractivity contribution in [1.29, 1.82) is 0 Å². The molecule has 224 valence electrons. The highest BCUT2D eigenvalue weighted by molar-refractivity contribution is 7.97. The molecule has 3 aromatic carbocycles. The molecular weight excluding hydrogens is 612 g/mol. The molecule has 6 nitrogen and oxygen atoms in total. The Morgan fingerprint density at radius 1 is 0.805 bits per heavy atom. The van der Waals surface area contributed by atoms with Gasteiger partial charge in [-0.05, 0) is 55.5 Å².